The molecule has 0 saturated carbocycles. The van der Waals surface area contributed by atoms with E-state index in [1.54, 1.807) is 12.1 Å². The molecule has 2 amide bonds. The minimum Gasteiger partial charge on any atom is -0.497 e. The first kappa shape index (κ1) is 30.5. The molecule has 5 rings (SSSR count). The van der Waals surface area contributed by atoms with Gasteiger partial charge in [-0.1, -0.05) is 0 Å². The Labute approximate surface area is 245 Å². The molecule has 4 aromatic rings. The van der Waals surface area contributed by atoms with Crippen LogP contribution in [0.5, 0.6) is 17.2 Å². The minimum absolute atomic E-state index is 0.0413. The molecular formula is C29H25F5N4O6. The van der Waals surface area contributed by atoms with E-state index in [9.17, 15) is 36.6 Å². The van der Waals surface area contributed by atoms with Crippen molar-refractivity contribution >= 4 is 22.7 Å². The van der Waals surface area contributed by atoms with Crippen LogP contribution in [0.4, 0.5) is 22.0 Å². The van der Waals surface area contributed by atoms with E-state index in [-0.39, 0.29) is 28.3 Å². The highest BCUT2D eigenvalue weighted by Gasteiger charge is 2.58. The molecule has 10 nitrogen and oxygen atoms in total. The molecule has 3 heterocycles. The Morgan fingerprint density at radius 2 is 1.84 bits per heavy atom. The quantitative estimate of drug-likeness (QED) is 0.209. The van der Waals surface area contributed by atoms with Crippen molar-refractivity contribution in [3.8, 4) is 28.5 Å². The van der Waals surface area contributed by atoms with Gasteiger partial charge in [-0.2, -0.15) is 13.2 Å². The number of H-pyrrole nitrogens is 1. The van der Waals surface area contributed by atoms with Crippen molar-refractivity contribution in [2.75, 3.05) is 34.0 Å². The van der Waals surface area contributed by atoms with Gasteiger partial charge in [0.1, 0.15) is 53.2 Å². The first-order chi connectivity index (χ1) is 20.8. The van der Waals surface area contributed by atoms with Gasteiger partial charge in [-0.3, -0.25) is 9.59 Å². The first-order valence-electron chi connectivity index (χ1n) is 12.9. The number of carbonyl (C=O) groups excluding carboxylic acids is 2. The zero-order valence-corrected chi connectivity index (χ0v) is 23.1. The zero-order chi connectivity index (χ0) is 32.0. The van der Waals surface area contributed by atoms with E-state index in [4.69, 9.17) is 19.9 Å². The molecule has 1 aliphatic rings. The van der Waals surface area contributed by atoms with Crippen LogP contribution in [0, 0.1) is 5.82 Å². The number of hydrogen-bond acceptors (Lipinski definition) is 7. The predicted molar refractivity (Wildman–Crippen MR) is 146 cm³/mol. The number of nitrogens with zero attached hydrogens (tertiary/aromatic N) is 1. The summed E-state index contributed by atoms with van der Waals surface area (Å²) >= 11 is 0. The number of carbonyl (C=O) groups is 2. The van der Waals surface area contributed by atoms with Gasteiger partial charge >= 0.3 is 6.18 Å². The molecule has 2 aromatic carbocycles. The summed E-state index contributed by atoms with van der Waals surface area (Å²) < 4.78 is 87.9. The summed E-state index contributed by atoms with van der Waals surface area (Å²) in [5.41, 5.74) is -2.14. The molecule has 2 aromatic heterocycles. The summed E-state index contributed by atoms with van der Waals surface area (Å²) in [4.78, 5) is 32.2. The van der Waals surface area contributed by atoms with Crippen LogP contribution < -0.4 is 25.3 Å². The molecule has 15 heteroatoms. The van der Waals surface area contributed by atoms with Crippen molar-refractivity contribution in [3.05, 3.63) is 71.3 Å². The van der Waals surface area contributed by atoms with Crippen molar-refractivity contribution in [2.45, 2.75) is 17.2 Å². The summed E-state index contributed by atoms with van der Waals surface area (Å²) in [7, 11) is 2.80. The van der Waals surface area contributed by atoms with Crippen LogP contribution in [-0.2, 0) is 15.8 Å². The average molecular weight is 621 g/mol. The van der Waals surface area contributed by atoms with Crippen molar-refractivity contribution in [3.63, 3.8) is 0 Å². The van der Waals surface area contributed by atoms with E-state index in [0.29, 0.717) is 28.5 Å². The van der Waals surface area contributed by atoms with E-state index in [2.05, 4.69) is 15.3 Å². The van der Waals surface area contributed by atoms with Gasteiger partial charge < -0.3 is 35.4 Å². The summed E-state index contributed by atoms with van der Waals surface area (Å²) in [6, 6.07) is 9.48. The van der Waals surface area contributed by atoms with Gasteiger partial charge in [0.2, 0.25) is 11.5 Å². The first-order valence-corrected chi connectivity index (χ1v) is 12.9. The second-order valence-corrected chi connectivity index (χ2v) is 10.1. The van der Waals surface area contributed by atoms with E-state index < -0.39 is 60.3 Å². The second-order valence-electron chi connectivity index (χ2n) is 10.1. The van der Waals surface area contributed by atoms with Crippen LogP contribution in [0.1, 0.15) is 21.7 Å². The Morgan fingerprint density at radius 1 is 1.14 bits per heavy atom. The molecule has 0 radical (unpaired) electrons. The maximum Gasteiger partial charge on any atom is 0.424 e. The lowest BCUT2D eigenvalue weighted by Gasteiger charge is -2.31. The van der Waals surface area contributed by atoms with Gasteiger partial charge in [0.25, 0.3) is 5.91 Å². The fourth-order valence-electron chi connectivity index (χ4n) is 4.93. The van der Waals surface area contributed by atoms with Crippen LogP contribution in [0.15, 0.2) is 48.5 Å². The van der Waals surface area contributed by atoms with Crippen LogP contribution >= 0.6 is 0 Å². The zero-order valence-electron chi connectivity index (χ0n) is 23.1. The fourth-order valence-corrected chi connectivity index (χ4v) is 4.93. The average Bonchev–Trinajstić information content (AvgIpc) is 3.61. The number of benzene rings is 2. The number of fused-ring (bicyclic) bond motifs is 2. The SMILES string of the molecule is COc1cc(OC)c2cc(C(=O)NCC(O)(c3cc4c(c(-c5ccc(F)cc5)n3)OC[C@]4(CF)C(N)=O)C(F)(F)F)[nH]c2c1. The van der Waals surface area contributed by atoms with E-state index in [1.165, 1.54) is 32.4 Å². The molecule has 0 aliphatic carbocycles. The lowest BCUT2D eigenvalue weighted by molar-refractivity contribution is -0.265. The normalized spacial score (nSPS) is 17.5. The van der Waals surface area contributed by atoms with E-state index in [0.717, 1.165) is 12.1 Å². The van der Waals surface area contributed by atoms with E-state index in [1.807, 2.05) is 0 Å². The molecular weight excluding hydrogens is 595 g/mol. The number of amides is 2. The molecule has 0 bridgehead atoms. The second kappa shape index (κ2) is 11.0. The standard InChI is InChI=1S/C29H25F5N4O6/c1-42-16-7-19-17(21(8-16)43-2)9-20(37-19)25(39)36-12-28(41,29(32,33)34)22-10-18-24(44-13-27(18,11-30)26(35)40)23(38-22)14-3-5-15(31)6-4-14/h3-10,37,41H,11-13H2,1-2H3,(H2,35,40)(H,36,39)/t27-,28?/m0/s1. The number of primary amides is 1. The topological polar surface area (TPSA) is 149 Å². The Morgan fingerprint density at radius 3 is 2.43 bits per heavy atom. The summed E-state index contributed by atoms with van der Waals surface area (Å²) in [5.74, 6) is -2.46. The highest BCUT2D eigenvalue weighted by Crippen LogP contribution is 2.48. The van der Waals surface area contributed by atoms with Crippen molar-refractivity contribution in [2.24, 2.45) is 5.73 Å². The third kappa shape index (κ3) is 4.92. The number of nitrogens with two attached hydrogens (primary N) is 1. The van der Waals surface area contributed by atoms with Gasteiger partial charge in [-0.25, -0.2) is 13.8 Å². The molecule has 232 valence electrons. The van der Waals surface area contributed by atoms with Crippen LogP contribution in [0.25, 0.3) is 22.2 Å². The Balaban J connectivity index is 1.59. The molecule has 1 unspecified atom stereocenters. The number of aromatic nitrogens is 2. The number of halogens is 5. The third-order valence-electron chi connectivity index (χ3n) is 7.54. The Kier molecular flexibility index (Phi) is 7.61. The number of alkyl halides is 4. The van der Waals surface area contributed by atoms with Crippen molar-refractivity contribution in [1.29, 1.82) is 0 Å². The molecule has 2 atom stereocenters. The van der Waals surface area contributed by atoms with E-state index >= 15 is 0 Å². The van der Waals surface area contributed by atoms with Crippen LogP contribution in [0.3, 0.4) is 0 Å². The molecule has 0 saturated heterocycles. The minimum atomic E-state index is -5.46. The number of pyridine rings is 1. The van der Waals surface area contributed by atoms with Crippen LogP contribution in [-0.4, -0.2) is 67.1 Å². The number of aromatic amines is 1. The van der Waals surface area contributed by atoms with Gasteiger partial charge in [-0.15, -0.1) is 0 Å². The smallest absolute Gasteiger partial charge is 0.424 e. The van der Waals surface area contributed by atoms with Crippen LogP contribution in [0.2, 0.25) is 0 Å². The maximum atomic E-state index is 14.6. The summed E-state index contributed by atoms with van der Waals surface area (Å²) in [6.45, 7) is -3.53. The lowest BCUT2D eigenvalue weighted by Crippen LogP contribution is -2.52. The Hall–Kier alpha value is -4.92. The Bertz CT molecular complexity index is 1760. The van der Waals surface area contributed by atoms with Crippen molar-refractivity contribution < 1.29 is 50.9 Å². The molecule has 1 aliphatic heterocycles. The number of rotatable bonds is 9. The highest BCUT2D eigenvalue weighted by molar-refractivity contribution is 6.00. The number of ether oxygens (including phenoxy) is 3. The largest absolute Gasteiger partial charge is 0.497 e. The molecule has 0 spiro atoms. The fraction of sp³-hybridized carbons (Fsp3) is 0.276. The van der Waals surface area contributed by atoms with Gasteiger partial charge in [0, 0.05) is 28.6 Å². The van der Waals surface area contributed by atoms with Crippen molar-refractivity contribution in [1.82, 2.24) is 15.3 Å². The molecule has 44 heavy (non-hydrogen) atoms. The molecule has 5 N–H and O–H groups in total. The summed E-state index contributed by atoms with van der Waals surface area (Å²) in [5, 5.41) is 13.7. The monoisotopic (exact) mass is 620 g/mol. The number of nitrogens with one attached hydrogen (secondary N) is 2. The van der Waals surface area contributed by atoms with Gasteiger partial charge in [-0.05, 0) is 36.4 Å². The maximum absolute atomic E-state index is 14.6. The summed E-state index contributed by atoms with van der Waals surface area (Å²) in [6.07, 6.45) is -5.46. The highest BCUT2D eigenvalue weighted by atomic mass is 19.4. The van der Waals surface area contributed by atoms with Gasteiger partial charge in [0.05, 0.1) is 32.0 Å². The van der Waals surface area contributed by atoms with Gasteiger partial charge in [0.15, 0.2) is 0 Å². The lowest BCUT2D eigenvalue weighted by atomic mass is 9.81. The third-order valence-corrected chi connectivity index (χ3v) is 7.54. The molecule has 0 fully saturated rings. The number of hydrogen-bond donors (Lipinski definition) is 4. The predicted octanol–water partition coefficient (Wildman–Crippen LogP) is 3.65. The number of aliphatic hydroxyl groups is 1. The number of methoxy groups -OCH3 is 2.